The Kier molecular flexibility index (Phi) is 5.72. The number of hydrogen-bond donors (Lipinski definition) is 1. The van der Waals surface area contributed by atoms with Crippen LogP contribution < -0.4 is 5.32 Å². The van der Waals surface area contributed by atoms with Crippen LogP contribution >= 0.6 is 11.6 Å². The SMILES string of the molecule is CC(=O)Nc1cccc(C(C(=O)c2ccccc2C)c2ccc(Cl)cc2)c1. The number of rotatable bonds is 5. The minimum Gasteiger partial charge on any atom is -0.326 e. The van der Waals surface area contributed by atoms with Crippen molar-refractivity contribution < 1.29 is 9.59 Å². The molecule has 0 aliphatic carbocycles. The molecule has 0 bridgehead atoms. The third-order valence-electron chi connectivity index (χ3n) is 4.42. The van der Waals surface area contributed by atoms with Gasteiger partial charge >= 0.3 is 0 Å². The highest BCUT2D eigenvalue weighted by atomic mass is 35.5. The fourth-order valence-electron chi connectivity index (χ4n) is 3.15. The number of carbonyl (C=O) groups is 2. The predicted molar refractivity (Wildman–Crippen MR) is 110 cm³/mol. The summed E-state index contributed by atoms with van der Waals surface area (Å²) in [6.07, 6.45) is 0. The maximum absolute atomic E-state index is 13.5. The number of nitrogens with one attached hydrogen (secondary N) is 1. The van der Waals surface area contributed by atoms with Crippen LogP contribution in [0.4, 0.5) is 5.69 Å². The topological polar surface area (TPSA) is 46.2 Å². The van der Waals surface area contributed by atoms with E-state index in [9.17, 15) is 9.59 Å². The van der Waals surface area contributed by atoms with Crippen LogP contribution in [-0.2, 0) is 4.79 Å². The van der Waals surface area contributed by atoms with Crippen LogP contribution in [0.2, 0.25) is 5.02 Å². The zero-order valence-electron chi connectivity index (χ0n) is 15.2. The summed E-state index contributed by atoms with van der Waals surface area (Å²) in [4.78, 5) is 24.9. The molecule has 1 atom stereocenters. The van der Waals surface area contributed by atoms with Crippen molar-refractivity contribution in [3.63, 3.8) is 0 Å². The highest BCUT2D eigenvalue weighted by Crippen LogP contribution is 2.31. The van der Waals surface area contributed by atoms with Crippen LogP contribution in [0.25, 0.3) is 0 Å². The van der Waals surface area contributed by atoms with E-state index in [-0.39, 0.29) is 11.7 Å². The summed E-state index contributed by atoms with van der Waals surface area (Å²) in [6.45, 7) is 3.39. The Balaban J connectivity index is 2.11. The number of Topliss-reactive ketones (excluding diaryl/α,β-unsaturated/α-hetero) is 1. The van der Waals surface area contributed by atoms with E-state index in [0.29, 0.717) is 16.3 Å². The van der Waals surface area contributed by atoms with Crippen LogP contribution in [0.15, 0.2) is 72.8 Å². The third-order valence-corrected chi connectivity index (χ3v) is 4.67. The molecule has 0 spiro atoms. The van der Waals surface area contributed by atoms with Crippen LogP contribution in [0.5, 0.6) is 0 Å². The summed E-state index contributed by atoms with van der Waals surface area (Å²) in [6, 6.07) is 22.3. The molecule has 3 aromatic carbocycles. The molecule has 0 saturated heterocycles. The van der Waals surface area contributed by atoms with Crippen LogP contribution in [-0.4, -0.2) is 11.7 Å². The molecule has 0 aromatic heterocycles. The largest absolute Gasteiger partial charge is 0.326 e. The number of anilines is 1. The van der Waals surface area contributed by atoms with Gasteiger partial charge in [-0.25, -0.2) is 0 Å². The molecule has 1 amide bonds. The standard InChI is InChI=1S/C23H20ClNO2/c1-15-6-3-4-9-21(15)23(27)22(17-10-12-19(24)13-11-17)18-7-5-8-20(14-18)25-16(2)26/h3-14,22H,1-2H3,(H,25,26). The molecular weight excluding hydrogens is 358 g/mol. The van der Waals surface area contributed by atoms with Gasteiger partial charge in [0, 0.05) is 23.2 Å². The van der Waals surface area contributed by atoms with Gasteiger partial charge in [0.1, 0.15) is 0 Å². The van der Waals surface area contributed by atoms with E-state index >= 15 is 0 Å². The van der Waals surface area contributed by atoms with Gasteiger partial charge in [0.15, 0.2) is 5.78 Å². The zero-order chi connectivity index (χ0) is 19.4. The van der Waals surface area contributed by atoms with Crippen LogP contribution in [0.3, 0.4) is 0 Å². The second kappa shape index (κ2) is 8.19. The van der Waals surface area contributed by atoms with Gasteiger partial charge in [-0.3, -0.25) is 9.59 Å². The van der Waals surface area contributed by atoms with Gasteiger partial charge in [-0.05, 0) is 47.9 Å². The lowest BCUT2D eigenvalue weighted by molar-refractivity contribution is -0.114. The molecule has 4 heteroatoms. The Morgan fingerprint density at radius 1 is 0.889 bits per heavy atom. The number of ketones is 1. The fourth-order valence-corrected chi connectivity index (χ4v) is 3.28. The second-order valence-electron chi connectivity index (χ2n) is 6.47. The quantitative estimate of drug-likeness (QED) is 0.586. The van der Waals surface area contributed by atoms with Gasteiger partial charge in [-0.2, -0.15) is 0 Å². The Morgan fingerprint density at radius 2 is 1.59 bits per heavy atom. The average molecular weight is 378 g/mol. The number of halogens is 1. The summed E-state index contributed by atoms with van der Waals surface area (Å²) in [5.41, 5.74) is 3.95. The van der Waals surface area contributed by atoms with Gasteiger partial charge in [-0.1, -0.05) is 60.1 Å². The molecular formula is C23H20ClNO2. The molecule has 3 nitrogen and oxygen atoms in total. The first-order valence-corrected chi connectivity index (χ1v) is 9.06. The Morgan fingerprint density at radius 3 is 2.26 bits per heavy atom. The lowest BCUT2D eigenvalue weighted by Crippen LogP contribution is -2.16. The zero-order valence-corrected chi connectivity index (χ0v) is 16.0. The van der Waals surface area contributed by atoms with Crippen molar-refractivity contribution in [2.24, 2.45) is 0 Å². The molecule has 136 valence electrons. The molecule has 0 aliphatic heterocycles. The van der Waals surface area contributed by atoms with Crippen molar-refractivity contribution in [2.45, 2.75) is 19.8 Å². The van der Waals surface area contributed by atoms with Gasteiger partial charge in [0.2, 0.25) is 5.91 Å². The summed E-state index contributed by atoms with van der Waals surface area (Å²) in [5, 5.41) is 3.40. The number of carbonyl (C=O) groups excluding carboxylic acids is 2. The molecule has 3 aromatic rings. The average Bonchev–Trinajstić information content (AvgIpc) is 2.63. The molecule has 0 saturated carbocycles. The molecule has 0 heterocycles. The monoisotopic (exact) mass is 377 g/mol. The highest BCUT2D eigenvalue weighted by molar-refractivity contribution is 6.30. The Hall–Kier alpha value is -2.91. The molecule has 3 rings (SSSR count). The van der Waals surface area contributed by atoms with Crippen molar-refractivity contribution in [3.05, 3.63) is 100 Å². The highest BCUT2D eigenvalue weighted by Gasteiger charge is 2.25. The van der Waals surface area contributed by atoms with Crippen LogP contribution in [0, 0.1) is 6.92 Å². The van der Waals surface area contributed by atoms with E-state index in [2.05, 4.69) is 5.32 Å². The van der Waals surface area contributed by atoms with E-state index in [4.69, 9.17) is 11.6 Å². The minimum atomic E-state index is -0.489. The smallest absolute Gasteiger partial charge is 0.221 e. The summed E-state index contributed by atoms with van der Waals surface area (Å²) in [5.74, 6) is -0.632. The van der Waals surface area contributed by atoms with E-state index in [1.165, 1.54) is 6.92 Å². The molecule has 0 fully saturated rings. The Labute approximate surface area is 164 Å². The van der Waals surface area contributed by atoms with Crippen molar-refractivity contribution in [3.8, 4) is 0 Å². The van der Waals surface area contributed by atoms with E-state index in [1.54, 1.807) is 12.1 Å². The number of aryl methyl sites for hydroxylation is 1. The normalized spacial score (nSPS) is 11.7. The second-order valence-corrected chi connectivity index (χ2v) is 6.91. The summed E-state index contributed by atoms with van der Waals surface area (Å²) < 4.78 is 0. The third kappa shape index (κ3) is 4.44. The maximum atomic E-state index is 13.5. The summed E-state index contributed by atoms with van der Waals surface area (Å²) >= 11 is 6.03. The van der Waals surface area contributed by atoms with Crippen LogP contribution in [0.1, 0.15) is 39.9 Å². The van der Waals surface area contributed by atoms with Crippen molar-refractivity contribution >= 4 is 29.0 Å². The summed E-state index contributed by atoms with van der Waals surface area (Å²) in [7, 11) is 0. The van der Waals surface area contributed by atoms with Gasteiger partial charge in [0.25, 0.3) is 0 Å². The molecule has 27 heavy (non-hydrogen) atoms. The molecule has 1 unspecified atom stereocenters. The molecule has 0 radical (unpaired) electrons. The Bertz CT molecular complexity index is 980. The fraction of sp³-hybridized carbons (Fsp3) is 0.130. The number of amides is 1. The maximum Gasteiger partial charge on any atom is 0.221 e. The van der Waals surface area contributed by atoms with Crippen molar-refractivity contribution in [1.29, 1.82) is 0 Å². The van der Waals surface area contributed by atoms with Crippen molar-refractivity contribution in [1.82, 2.24) is 0 Å². The lowest BCUT2D eigenvalue weighted by Gasteiger charge is -2.19. The van der Waals surface area contributed by atoms with Gasteiger partial charge < -0.3 is 5.32 Å². The lowest BCUT2D eigenvalue weighted by atomic mass is 9.83. The first-order valence-electron chi connectivity index (χ1n) is 8.68. The van der Waals surface area contributed by atoms with E-state index in [1.807, 2.05) is 67.6 Å². The number of hydrogen-bond acceptors (Lipinski definition) is 2. The first-order chi connectivity index (χ1) is 13.0. The van der Waals surface area contributed by atoms with E-state index in [0.717, 1.165) is 16.7 Å². The molecule has 1 N–H and O–H groups in total. The van der Waals surface area contributed by atoms with Gasteiger partial charge in [-0.15, -0.1) is 0 Å². The molecule has 0 aliphatic rings. The van der Waals surface area contributed by atoms with Crippen molar-refractivity contribution in [2.75, 3.05) is 5.32 Å². The van der Waals surface area contributed by atoms with Gasteiger partial charge in [0.05, 0.1) is 5.92 Å². The van der Waals surface area contributed by atoms with E-state index < -0.39 is 5.92 Å². The minimum absolute atomic E-state index is 0.00963. The predicted octanol–water partition coefficient (Wildman–Crippen LogP) is 5.62. The first kappa shape index (κ1) is 18.9. The number of benzene rings is 3.